The molecule has 2 rings (SSSR count). The Hall–Kier alpha value is -1.94. The van der Waals surface area contributed by atoms with Crippen molar-refractivity contribution >= 4 is 23.2 Å². The molecule has 0 amide bonds. The summed E-state index contributed by atoms with van der Waals surface area (Å²) in [5.74, 6) is 0.283. The van der Waals surface area contributed by atoms with E-state index in [-0.39, 0.29) is 22.8 Å². The van der Waals surface area contributed by atoms with Crippen molar-refractivity contribution in [2.75, 3.05) is 21.3 Å². The molecule has 0 saturated heterocycles. The fourth-order valence-electron chi connectivity index (χ4n) is 3.28. The summed E-state index contributed by atoms with van der Waals surface area (Å²) in [5, 5.41) is 19.7. The summed E-state index contributed by atoms with van der Waals surface area (Å²) >= 11 is 11.8. The number of aliphatic hydroxyl groups excluding tert-OH is 2. The fraction of sp³-hybridized carbons (Fsp3) is 0.421. The lowest BCUT2D eigenvalue weighted by Gasteiger charge is -2.26. The smallest absolute Gasteiger partial charge is 0.417 e. The number of hydrogen-bond acceptors (Lipinski definition) is 6. The number of ether oxygens (including phenoxy) is 3. The number of aryl methyl sites for hydroxylation is 1. The molecule has 0 aliphatic carbocycles. The Balaban J connectivity index is 2.95. The summed E-state index contributed by atoms with van der Waals surface area (Å²) in [6.45, 7) is 2.65. The molecule has 30 heavy (non-hydrogen) atoms. The van der Waals surface area contributed by atoms with Gasteiger partial charge in [0.25, 0.3) is 0 Å². The molecule has 2 aromatic rings. The van der Waals surface area contributed by atoms with Gasteiger partial charge in [-0.1, -0.05) is 23.2 Å². The van der Waals surface area contributed by atoms with Gasteiger partial charge in [-0.15, -0.1) is 0 Å². The summed E-state index contributed by atoms with van der Waals surface area (Å²) < 4.78 is 57.8. The van der Waals surface area contributed by atoms with E-state index in [9.17, 15) is 23.4 Å². The largest absolute Gasteiger partial charge is 0.493 e. The van der Waals surface area contributed by atoms with Gasteiger partial charge in [0.15, 0.2) is 11.5 Å². The van der Waals surface area contributed by atoms with Crippen LogP contribution in [0.15, 0.2) is 6.07 Å². The van der Waals surface area contributed by atoms with Crippen LogP contribution in [0.25, 0.3) is 0 Å². The topological polar surface area (TPSA) is 81.0 Å². The third kappa shape index (κ3) is 4.25. The molecule has 0 bridgehead atoms. The minimum Gasteiger partial charge on any atom is -0.493 e. The van der Waals surface area contributed by atoms with Crippen molar-refractivity contribution in [2.45, 2.75) is 32.2 Å². The molecule has 2 unspecified atom stereocenters. The average Bonchev–Trinajstić information content (AvgIpc) is 2.64. The Morgan fingerprint density at radius 1 is 0.933 bits per heavy atom. The van der Waals surface area contributed by atoms with Gasteiger partial charge >= 0.3 is 6.18 Å². The molecule has 2 N–H and O–H groups in total. The zero-order chi connectivity index (χ0) is 23.0. The van der Waals surface area contributed by atoms with Crippen LogP contribution < -0.4 is 14.2 Å². The predicted octanol–water partition coefficient (Wildman–Crippen LogP) is 4.88. The highest BCUT2D eigenvalue weighted by Crippen LogP contribution is 2.50. The second-order valence-electron chi connectivity index (χ2n) is 6.35. The standard InChI is InChI=1S/C19H20Cl2F3NO5/c1-7-6-9(28-3)15(29-4)16(30-5)10(7)14(27)12-13(19(22,23)24)11(8(2)26)17(20)25-18(12)21/h6,8,14,26-27H,1-5H3. The summed E-state index contributed by atoms with van der Waals surface area (Å²) in [7, 11) is 3.96. The summed E-state index contributed by atoms with van der Waals surface area (Å²) in [6, 6.07) is 1.47. The molecular formula is C19H20Cl2F3NO5. The minimum absolute atomic E-state index is 0.0387. The average molecular weight is 470 g/mol. The van der Waals surface area contributed by atoms with Crippen LogP contribution in [0.5, 0.6) is 17.2 Å². The summed E-state index contributed by atoms with van der Waals surface area (Å²) in [6.07, 6.45) is -8.57. The molecule has 0 fully saturated rings. The number of nitrogens with zero attached hydrogens (tertiary/aromatic N) is 1. The predicted molar refractivity (Wildman–Crippen MR) is 105 cm³/mol. The van der Waals surface area contributed by atoms with Gasteiger partial charge in [0.2, 0.25) is 5.75 Å². The fourth-order valence-corrected chi connectivity index (χ4v) is 3.94. The molecule has 1 aromatic heterocycles. The van der Waals surface area contributed by atoms with E-state index < -0.39 is 45.4 Å². The van der Waals surface area contributed by atoms with Gasteiger partial charge in [0.05, 0.1) is 33.0 Å². The van der Waals surface area contributed by atoms with E-state index in [4.69, 9.17) is 37.4 Å². The number of alkyl halides is 3. The van der Waals surface area contributed by atoms with Crippen LogP contribution in [0.3, 0.4) is 0 Å². The maximum atomic E-state index is 14.0. The van der Waals surface area contributed by atoms with Crippen LogP contribution in [-0.4, -0.2) is 36.5 Å². The van der Waals surface area contributed by atoms with Crippen LogP contribution in [-0.2, 0) is 6.18 Å². The van der Waals surface area contributed by atoms with Crippen LogP contribution >= 0.6 is 23.2 Å². The van der Waals surface area contributed by atoms with E-state index in [0.29, 0.717) is 5.56 Å². The summed E-state index contributed by atoms with van der Waals surface area (Å²) in [5.41, 5.74) is -2.53. The SMILES string of the molecule is COc1cc(C)c(C(O)c2c(Cl)nc(Cl)c(C(C)O)c2C(F)(F)F)c(OC)c1OC. The number of hydrogen-bond donors (Lipinski definition) is 2. The van der Waals surface area contributed by atoms with Gasteiger partial charge in [-0.25, -0.2) is 4.98 Å². The van der Waals surface area contributed by atoms with Crippen molar-refractivity contribution in [3.8, 4) is 17.2 Å². The highest BCUT2D eigenvalue weighted by molar-refractivity contribution is 6.33. The van der Waals surface area contributed by atoms with Gasteiger partial charge in [-0.3, -0.25) is 0 Å². The number of halogens is 5. The molecule has 6 nitrogen and oxygen atoms in total. The van der Waals surface area contributed by atoms with Gasteiger partial charge in [0, 0.05) is 16.7 Å². The zero-order valence-corrected chi connectivity index (χ0v) is 18.2. The maximum absolute atomic E-state index is 14.0. The van der Waals surface area contributed by atoms with E-state index in [1.54, 1.807) is 6.92 Å². The number of rotatable bonds is 6. The number of pyridine rings is 1. The molecule has 1 aromatic carbocycles. The Morgan fingerprint density at radius 2 is 1.47 bits per heavy atom. The third-order valence-corrected chi connectivity index (χ3v) is 5.08. The molecule has 2 atom stereocenters. The molecule has 166 valence electrons. The van der Waals surface area contributed by atoms with E-state index in [0.717, 1.165) is 6.92 Å². The quantitative estimate of drug-likeness (QED) is 0.587. The summed E-state index contributed by atoms with van der Waals surface area (Å²) in [4.78, 5) is 3.69. The lowest BCUT2D eigenvalue weighted by atomic mass is 9.90. The molecule has 11 heteroatoms. The zero-order valence-electron chi connectivity index (χ0n) is 16.7. The van der Waals surface area contributed by atoms with E-state index in [1.807, 2.05) is 0 Å². The Kier molecular flexibility index (Phi) is 7.34. The number of aromatic nitrogens is 1. The molecule has 0 saturated carbocycles. The van der Waals surface area contributed by atoms with Crippen molar-refractivity contribution in [3.05, 3.63) is 44.2 Å². The Morgan fingerprint density at radius 3 is 1.90 bits per heavy atom. The van der Waals surface area contributed by atoms with Crippen LogP contribution in [0.2, 0.25) is 10.3 Å². The first-order chi connectivity index (χ1) is 13.9. The number of benzene rings is 1. The lowest BCUT2D eigenvalue weighted by Crippen LogP contribution is -2.20. The first kappa shape index (κ1) is 24.3. The Bertz CT molecular complexity index is 951. The number of aliphatic hydroxyl groups is 2. The van der Waals surface area contributed by atoms with Gasteiger partial charge in [-0.2, -0.15) is 13.2 Å². The van der Waals surface area contributed by atoms with Gasteiger partial charge in [0.1, 0.15) is 16.4 Å². The third-order valence-electron chi connectivity index (χ3n) is 4.50. The first-order valence-electron chi connectivity index (χ1n) is 8.52. The van der Waals surface area contributed by atoms with Crippen LogP contribution in [0.1, 0.15) is 46.9 Å². The molecule has 0 aliphatic rings. The second-order valence-corrected chi connectivity index (χ2v) is 7.06. The first-order valence-corrected chi connectivity index (χ1v) is 9.27. The second kappa shape index (κ2) is 9.05. The Labute approximate surface area is 181 Å². The van der Waals surface area contributed by atoms with Crippen molar-refractivity contribution in [1.29, 1.82) is 0 Å². The van der Waals surface area contributed by atoms with Crippen molar-refractivity contribution in [2.24, 2.45) is 0 Å². The van der Waals surface area contributed by atoms with E-state index in [1.165, 1.54) is 27.4 Å². The molecule has 0 radical (unpaired) electrons. The highest BCUT2D eigenvalue weighted by Gasteiger charge is 2.43. The van der Waals surface area contributed by atoms with Crippen molar-refractivity contribution in [1.82, 2.24) is 4.98 Å². The van der Waals surface area contributed by atoms with Gasteiger partial charge in [-0.05, 0) is 25.5 Å². The lowest BCUT2D eigenvalue weighted by molar-refractivity contribution is -0.140. The number of methoxy groups -OCH3 is 3. The van der Waals surface area contributed by atoms with Crippen molar-refractivity contribution < 1.29 is 37.6 Å². The van der Waals surface area contributed by atoms with E-state index >= 15 is 0 Å². The van der Waals surface area contributed by atoms with Crippen LogP contribution in [0, 0.1) is 6.92 Å². The van der Waals surface area contributed by atoms with Crippen LogP contribution in [0.4, 0.5) is 13.2 Å². The maximum Gasteiger partial charge on any atom is 0.417 e. The molecule has 1 heterocycles. The minimum atomic E-state index is -5.00. The van der Waals surface area contributed by atoms with Crippen molar-refractivity contribution in [3.63, 3.8) is 0 Å². The monoisotopic (exact) mass is 469 g/mol. The molecular weight excluding hydrogens is 450 g/mol. The highest BCUT2D eigenvalue weighted by atomic mass is 35.5. The molecule has 0 spiro atoms. The van der Waals surface area contributed by atoms with E-state index in [2.05, 4.69) is 4.98 Å². The van der Waals surface area contributed by atoms with Gasteiger partial charge < -0.3 is 24.4 Å². The normalized spacial score (nSPS) is 13.7. The molecule has 0 aliphatic heterocycles.